The maximum atomic E-state index is 12.3. The minimum absolute atomic E-state index is 0.111. The Morgan fingerprint density at radius 1 is 1.23 bits per heavy atom. The summed E-state index contributed by atoms with van der Waals surface area (Å²) in [6.07, 6.45) is 11.4. The van der Waals surface area contributed by atoms with Crippen LogP contribution in [0.1, 0.15) is 43.5 Å². The van der Waals surface area contributed by atoms with E-state index in [1.807, 2.05) is 17.9 Å². The second-order valence-corrected chi connectivity index (χ2v) is 6.40. The Bertz CT molecular complexity index is 523. The van der Waals surface area contributed by atoms with E-state index in [2.05, 4.69) is 14.9 Å². The molecule has 1 N–H and O–H groups in total. The molecule has 0 bridgehead atoms. The molecule has 0 atom stereocenters. The summed E-state index contributed by atoms with van der Waals surface area (Å²) in [4.78, 5) is 24.1. The van der Waals surface area contributed by atoms with Gasteiger partial charge in [-0.2, -0.15) is 0 Å². The molecule has 2 fully saturated rings. The lowest BCUT2D eigenvalue weighted by Crippen LogP contribution is -2.47. The number of carbonyl (C=O) groups is 1. The number of aromatic amines is 1. The first-order valence-electron chi connectivity index (χ1n) is 8.45. The maximum absolute atomic E-state index is 12.3. The van der Waals surface area contributed by atoms with Gasteiger partial charge in [-0.25, -0.2) is 4.98 Å². The molecule has 2 aliphatic heterocycles. The van der Waals surface area contributed by atoms with Gasteiger partial charge in [0.1, 0.15) is 0 Å². The normalized spacial score (nSPS) is 21.6. The molecule has 0 radical (unpaired) electrons. The third kappa shape index (κ3) is 3.58. The summed E-state index contributed by atoms with van der Waals surface area (Å²) in [7, 11) is 0. The summed E-state index contributed by atoms with van der Waals surface area (Å²) in [5, 5.41) is 0. The van der Waals surface area contributed by atoms with E-state index in [9.17, 15) is 4.79 Å². The third-order valence-corrected chi connectivity index (χ3v) is 4.94. The standard InChI is InChI=1S/C17H26N4O/c1-14-16(19-13-18-14)5-6-17(22)21-11-7-15(8-12-21)20-9-3-2-4-10-20/h5-6,13,15H,2-4,7-12H2,1H3,(H,18,19)/b6-5+. The highest BCUT2D eigenvalue weighted by Crippen LogP contribution is 2.21. The van der Waals surface area contributed by atoms with E-state index >= 15 is 0 Å². The van der Waals surface area contributed by atoms with Crippen LogP contribution >= 0.6 is 0 Å². The highest BCUT2D eigenvalue weighted by molar-refractivity contribution is 5.91. The Kier molecular flexibility index (Phi) is 4.93. The largest absolute Gasteiger partial charge is 0.348 e. The van der Waals surface area contributed by atoms with Crippen LogP contribution in [-0.4, -0.2) is 57.9 Å². The lowest BCUT2D eigenvalue weighted by Gasteiger charge is -2.40. The fraction of sp³-hybridized carbons (Fsp3) is 0.647. The highest BCUT2D eigenvalue weighted by atomic mass is 16.2. The molecular formula is C17H26N4O. The number of aryl methyl sites for hydroxylation is 1. The number of hydrogen-bond donors (Lipinski definition) is 1. The zero-order valence-electron chi connectivity index (χ0n) is 13.4. The molecule has 0 spiro atoms. The molecule has 1 aromatic rings. The lowest BCUT2D eigenvalue weighted by molar-refractivity contribution is -0.127. The summed E-state index contributed by atoms with van der Waals surface area (Å²) in [6, 6.07) is 0.682. The molecule has 0 saturated carbocycles. The topological polar surface area (TPSA) is 52.2 Å². The Hall–Kier alpha value is -1.62. The number of rotatable bonds is 3. The predicted molar refractivity (Wildman–Crippen MR) is 87.4 cm³/mol. The first kappa shape index (κ1) is 15.3. The number of imidazole rings is 1. The molecule has 1 aromatic heterocycles. The molecule has 0 unspecified atom stereocenters. The monoisotopic (exact) mass is 302 g/mol. The Morgan fingerprint density at radius 3 is 2.59 bits per heavy atom. The van der Waals surface area contributed by atoms with Gasteiger partial charge in [0, 0.05) is 30.9 Å². The fourth-order valence-corrected chi connectivity index (χ4v) is 3.53. The number of hydrogen-bond acceptors (Lipinski definition) is 3. The second kappa shape index (κ2) is 7.09. The molecule has 2 saturated heterocycles. The van der Waals surface area contributed by atoms with Gasteiger partial charge in [0.15, 0.2) is 0 Å². The summed E-state index contributed by atoms with van der Waals surface area (Å²) in [5.74, 6) is 0.111. The van der Waals surface area contributed by atoms with Crippen molar-refractivity contribution in [2.75, 3.05) is 26.2 Å². The van der Waals surface area contributed by atoms with E-state index in [1.54, 1.807) is 12.4 Å². The quantitative estimate of drug-likeness (QED) is 0.871. The molecule has 3 rings (SSSR count). The minimum atomic E-state index is 0.111. The molecule has 3 heterocycles. The van der Waals surface area contributed by atoms with Crippen LogP contribution in [0.25, 0.3) is 6.08 Å². The summed E-state index contributed by atoms with van der Waals surface area (Å²) < 4.78 is 0. The van der Waals surface area contributed by atoms with E-state index < -0.39 is 0 Å². The summed E-state index contributed by atoms with van der Waals surface area (Å²) in [5.41, 5.74) is 1.84. The molecule has 0 aromatic carbocycles. The van der Waals surface area contributed by atoms with Crippen molar-refractivity contribution in [1.82, 2.24) is 19.8 Å². The number of amides is 1. The Morgan fingerprint density at radius 2 is 1.95 bits per heavy atom. The van der Waals surface area contributed by atoms with Crippen molar-refractivity contribution in [1.29, 1.82) is 0 Å². The van der Waals surface area contributed by atoms with E-state index in [4.69, 9.17) is 0 Å². The Balaban J connectivity index is 1.49. The van der Waals surface area contributed by atoms with Gasteiger partial charge in [0.25, 0.3) is 0 Å². The van der Waals surface area contributed by atoms with E-state index in [1.165, 1.54) is 32.4 Å². The average Bonchev–Trinajstić information content (AvgIpc) is 2.99. The number of H-pyrrole nitrogens is 1. The van der Waals surface area contributed by atoms with Gasteiger partial charge in [-0.05, 0) is 51.8 Å². The van der Waals surface area contributed by atoms with Crippen molar-refractivity contribution in [3.63, 3.8) is 0 Å². The average molecular weight is 302 g/mol. The van der Waals surface area contributed by atoms with Gasteiger partial charge in [0.2, 0.25) is 5.91 Å². The van der Waals surface area contributed by atoms with Crippen molar-refractivity contribution < 1.29 is 4.79 Å². The first-order chi connectivity index (χ1) is 10.7. The lowest BCUT2D eigenvalue weighted by atomic mass is 10.00. The number of nitrogens with zero attached hydrogens (tertiary/aromatic N) is 3. The van der Waals surface area contributed by atoms with Crippen LogP contribution in [0, 0.1) is 6.92 Å². The Labute approximate surface area is 132 Å². The fourth-order valence-electron chi connectivity index (χ4n) is 3.53. The van der Waals surface area contributed by atoms with Gasteiger partial charge >= 0.3 is 0 Å². The smallest absolute Gasteiger partial charge is 0.246 e. The zero-order chi connectivity index (χ0) is 15.4. The summed E-state index contributed by atoms with van der Waals surface area (Å²) >= 11 is 0. The van der Waals surface area contributed by atoms with Crippen molar-refractivity contribution >= 4 is 12.0 Å². The van der Waals surface area contributed by atoms with Gasteiger partial charge in [-0.3, -0.25) is 4.79 Å². The van der Waals surface area contributed by atoms with Gasteiger partial charge in [-0.1, -0.05) is 6.42 Å². The van der Waals surface area contributed by atoms with Gasteiger partial charge in [0.05, 0.1) is 12.0 Å². The van der Waals surface area contributed by atoms with E-state index in [0.717, 1.165) is 37.3 Å². The van der Waals surface area contributed by atoms with Gasteiger partial charge in [-0.15, -0.1) is 0 Å². The van der Waals surface area contributed by atoms with Crippen LogP contribution in [-0.2, 0) is 4.79 Å². The van der Waals surface area contributed by atoms with Crippen LogP contribution in [0.3, 0.4) is 0 Å². The van der Waals surface area contributed by atoms with Crippen molar-refractivity contribution in [2.24, 2.45) is 0 Å². The highest BCUT2D eigenvalue weighted by Gasteiger charge is 2.26. The minimum Gasteiger partial charge on any atom is -0.348 e. The van der Waals surface area contributed by atoms with Crippen LogP contribution in [0.4, 0.5) is 0 Å². The van der Waals surface area contributed by atoms with Crippen molar-refractivity contribution in [3.05, 3.63) is 23.8 Å². The number of carbonyl (C=O) groups excluding carboxylic acids is 1. The van der Waals surface area contributed by atoms with Crippen molar-refractivity contribution in [2.45, 2.75) is 45.1 Å². The van der Waals surface area contributed by atoms with Crippen LogP contribution in [0.5, 0.6) is 0 Å². The van der Waals surface area contributed by atoms with Gasteiger partial charge < -0.3 is 14.8 Å². The summed E-state index contributed by atoms with van der Waals surface area (Å²) in [6.45, 7) is 6.21. The molecule has 1 amide bonds. The number of piperidine rings is 2. The van der Waals surface area contributed by atoms with Crippen LogP contribution in [0.15, 0.2) is 12.4 Å². The van der Waals surface area contributed by atoms with E-state index in [-0.39, 0.29) is 5.91 Å². The number of likely N-dealkylation sites (tertiary alicyclic amines) is 2. The second-order valence-electron chi connectivity index (χ2n) is 6.40. The van der Waals surface area contributed by atoms with Crippen LogP contribution < -0.4 is 0 Å². The van der Waals surface area contributed by atoms with E-state index in [0.29, 0.717) is 6.04 Å². The SMILES string of the molecule is Cc1[nH]cnc1/C=C/C(=O)N1CCC(N2CCCCC2)CC1. The molecule has 5 nitrogen and oxygen atoms in total. The molecule has 22 heavy (non-hydrogen) atoms. The van der Waals surface area contributed by atoms with Crippen molar-refractivity contribution in [3.8, 4) is 0 Å². The number of aromatic nitrogens is 2. The van der Waals surface area contributed by atoms with Crippen LogP contribution in [0.2, 0.25) is 0 Å². The molecule has 5 heteroatoms. The molecular weight excluding hydrogens is 276 g/mol. The molecule has 2 aliphatic rings. The molecule has 120 valence electrons. The first-order valence-corrected chi connectivity index (χ1v) is 8.45. The number of nitrogens with one attached hydrogen (secondary N) is 1. The maximum Gasteiger partial charge on any atom is 0.246 e. The zero-order valence-corrected chi connectivity index (χ0v) is 13.4. The third-order valence-electron chi connectivity index (χ3n) is 4.94. The predicted octanol–water partition coefficient (Wildman–Crippen LogP) is 2.21. The molecule has 0 aliphatic carbocycles.